The van der Waals surface area contributed by atoms with Crippen LogP contribution in [0.2, 0.25) is 15.1 Å². The quantitative estimate of drug-likeness (QED) is 0.502. The summed E-state index contributed by atoms with van der Waals surface area (Å²) in [6, 6.07) is 3.66. The normalized spacial score (nSPS) is 22.9. The summed E-state index contributed by atoms with van der Waals surface area (Å²) in [6.07, 6.45) is -4.86. The number of nitrogens with zero attached hydrogens (tertiary/aromatic N) is 1. The topological polar surface area (TPSA) is 73.1 Å². The average molecular weight is 526 g/mol. The molecule has 1 aromatic heterocycles. The van der Waals surface area contributed by atoms with Crippen LogP contribution in [0.5, 0.6) is 0 Å². The van der Waals surface area contributed by atoms with Gasteiger partial charge in [0.05, 0.1) is 34.0 Å². The Labute approximate surface area is 201 Å². The van der Waals surface area contributed by atoms with Crippen LogP contribution in [-0.2, 0) is 26.5 Å². The molecule has 4 rings (SSSR count). The molecule has 1 aromatic carbocycles. The van der Waals surface area contributed by atoms with Crippen molar-refractivity contribution in [1.29, 1.82) is 0 Å². The number of amides is 1. The van der Waals surface area contributed by atoms with E-state index in [1.807, 2.05) is 0 Å². The highest BCUT2D eigenvalue weighted by molar-refractivity contribution is 6.48. The maximum absolute atomic E-state index is 14.2. The molecule has 1 saturated heterocycles. The summed E-state index contributed by atoms with van der Waals surface area (Å²) in [5, 5.41) is 6.14. The molecule has 178 valence electrons. The lowest BCUT2D eigenvalue weighted by atomic mass is 9.87. The third kappa shape index (κ3) is 4.56. The Bertz CT molecular complexity index is 1090. The smallest absolute Gasteiger partial charge is 0.435 e. The Hall–Kier alpha value is -1.94. The summed E-state index contributed by atoms with van der Waals surface area (Å²) in [7, 11) is 0. The van der Waals surface area contributed by atoms with Gasteiger partial charge < -0.3 is 19.3 Å². The maximum Gasteiger partial charge on any atom is 0.435 e. The van der Waals surface area contributed by atoms with Crippen molar-refractivity contribution in [2.75, 3.05) is 13.2 Å². The Morgan fingerprint density at radius 1 is 1.24 bits per heavy atom. The number of oxime groups is 1. The van der Waals surface area contributed by atoms with Gasteiger partial charge in [-0.3, -0.25) is 4.79 Å². The van der Waals surface area contributed by atoms with E-state index in [1.165, 1.54) is 6.07 Å². The van der Waals surface area contributed by atoms with E-state index in [4.69, 9.17) is 48.8 Å². The molecule has 12 heteroatoms. The molecule has 2 aliphatic rings. The van der Waals surface area contributed by atoms with Crippen LogP contribution in [0.15, 0.2) is 27.8 Å². The van der Waals surface area contributed by atoms with Gasteiger partial charge in [0.1, 0.15) is 11.5 Å². The highest BCUT2D eigenvalue weighted by Gasteiger charge is 2.63. The highest BCUT2D eigenvalue weighted by atomic mass is 35.5. The van der Waals surface area contributed by atoms with E-state index in [-0.39, 0.29) is 50.5 Å². The highest BCUT2D eigenvalue weighted by Crippen LogP contribution is 2.50. The Kier molecular flexibility index (Phi) is 6.61. The third-order valence-electron chi connectivity index (χ3n) is 5.69. The monoisotopic (exact) mass is 524 g/mol. The van der Waals surface area contributed by atoms with Crippen molar-refractivity contribution in [3.05, 3.63) is 55.9 Å². The molecule has 0 spiro atoms. The fourth-order valence-corrected chi connectivity index (χ4v) is 4.33. The predicted octanol–water partition coefficient (Wildman–Crippen LogP) is 5.78. The standard InChI is InChI=1S/C21H18Cl3F3N2O4/c1-10-12(8-28-19(30)11-2-3-31-9-11)4-17(32-10)16-7-20(33-29-16,21(25,26)27)13-5-14(22)18(24)15(23)6-13/h4-6,11H,2-3,7-9H2,1H3,(H,28,30). The number of benzene rings is 1. The van der Waals surface area contributed by atoms with Crippen LogP contribution >= 0.6 is 34.8 Å². The van der Waals surface area contributed by atoms with Gasteiger partial charge in [0.15, 0.2) is 5.76 Å². The first-order chi connectivity index (χ1) is 15.5. The number of rotatable bonds is 5. The summed E-state index contributed by atoms with van der Waals surface area (Å²) in [5.74, 6) is 0.189. The summed E-state index contributed by atoms with van der Waals surface area (Å²) in [4.78, 5) is 17.2. The molecular weight excluding hydrogens is 508 g/mol. The first-order valence-electron chi connectivity index (χ1n) is 9.94. The van der Waals surface area contributed by atoms with Gasteiger partial charge in [0.2, 0.25) is 5.91 Å². The van der Waals surface area contributed by atoms with Gasteiger partial charge >= 0.3 is 6.18 Å². The fraction of sp³-hybridized carbons (Fsp3) is 0.429. The molecule has 2 aromatic rings. The van der Waals surface area contributed by atoms with E-state index in [0.717, 1.165) is 12.1 Å². The van der Waals surface area contributed by atoms with Crippen LogP contribution in [0.1, 0.15) is 35.5 Å². The van der Waals surface area contributed by atoms with Gasteiger partial charge in [-0.05, 0) is 31.5 Å². The van der Waals surface area contributed by atoms with Gasteiger partial charge in [0.25, 0.3) is 5.60 Å². The number of furan rings is 1. The van der Waals surface area contributed by atoms with Crippen LogP contribution in [0.25, 0.3) is 0 Å². The second-order valence-corrected chi connectivity index (χ2v) is 9.05. The molecule has 2 unspecified atom stereocenters. The molecule has 2 atom stereocenters. The Balaban J connectivity index is 1.55. The fourth-order valence-electron chi connectivity index (χ4n) is 3.73. The summed E-state index contributed by atoms with van der Waals surface area (Å²) >= 11 is 17.8. The number of carbonyl (C=O) groups is 1. The molecule has 0 aliphatic carbocycles. The lowest BCUT2D eigenvalue weighted by molar-refractivity contribution is -0.275. The van der Waals surface area contributed by atoms with E-state index < -0.39 is 18.2 Å². The number of halogens is 6. The Morgan fingerprint density at radius 2 is 1.94 bits per heavy atom. The first kappa shape index (κ1) is 24.2. The zero-order valence-electron chi connectivity index (χ0n) is 17.2. The molecule has 3 heterocycles. The van der Waals surface area contributed by atoms with Crippen LogP contribution < -0.4 is 5.32 Å². The van der Waals surface area contributed by atoms with E-state index in [0.29, 0.717) is 31.0 Å². The van der Waals surface area contributed by atoms with E-state index in [2.05, 4.69) is 10.5 Å². The molecule has 1 fully saturated rings. The molecule has 2 aliphatic heterocycles. The van der Waals surface area contributed by atoms with E-state index >= 15 is 0 Å². The minimum Gasteiger partial charge on any atom is -0.460 e. The van der Waals surface area contributed by atoms with Crippen molar-refractivity contribution < 1.29 is 32.0 Å². The largest absolute Gasteiger partial charge is 0.460 e. The zero-order chi connectivity index (χ0) is 24.0. The van der Waals surface area contributed by atoms with Crippen molar-refractivity contribution in [2.24, 2.45) is 11.1 Å². The van der Waals surface area contributed by atoms with Crippen LogP contribution in [0, 0.1) is 12.8 Å². The minimum atomic E-state index is -4.85. The number of hydrogen-bond acceptors (Lipinski definition) is 5. The second-order valence-electron chi connectivity index (χ2n) is 7.86. The zero-order valence-corrected chi connectivity index (χ0v) is 19.5. The summed E-state index contributed by atoms with van der Waals surface area (Å²) in [5.41, 5.74) is -2.57. The summed E-state index contributed by atoms with van der Waals surface area (Å²) in [6.45, 7) is 2.72. The lowest BCUT2D eigenvalue weighted by Crippen LogP contribution is -2.42. The number of aryl methyl sites for hydroxylation is 1. The second kappa shape index (κ2) is 9.02. The molecule has 6 nitrogen and oxygen atoms in total. The number of nitrogens with one attached hydrogen (secondary N) is 1. The van der Waals surface area contributed by atoms with Gasteiger partial charge in [-0.15, -0.1) is 0 Å². The van der Waals surface area contributed by atoms with E-state index in [1.54, 1.807) is 6.92 Å². The molecule has 1 amide bonds. The van der Waals surface area contributed by atoms with Crippen molar-refractivity contribution in [2.45, 2.75) is 38.1 Å². The molecular formula is C21H18Cl3F3N2O4. The maximum atomic E-state index is 14.2. The van der Waals surface area contributed by atoms with Crippen LogP contribution in [-0.4, -0.2) is 31.0 Å². The number of ether oxygens (including phenoxy) is 1. The van der Waals surface area contributed by atoms with Crippen LogP contribution in [0.4, 0.5) is 13.2 Å². The third-order valence-corrected chi connectivity index (χ3v) is 6.89. The molecule has 0 bridgehead atoms. The van der Waals surface area contributed by atoms with Crippen molar-refractivity contribution in [3.63, 3.8) is 0 Å². The molecule has 0 saturated carbocycles. The van der Waals surface area contributed by atoms with Crippen molar-refractivity contribution in [3.8, 4) is 0 Å². The minimum absolute atomic E-state index is 0.0422. The van der Waals surface area contributed by atoms with Crippen molar-refractivity contribution >= 4 is 46.4 Å². The average Bonchev–Trinajstić information content (AvgIpc) is 3.49. The number of hydrogen-bond donors (Lipinski definition) is 1. The lowest BCUT2D eigenvalue weighted by Gasteiger charge is -2.29. The van der Waals surface area contributed by atoms with E-state index in [9.17, 15) is 18.0 Å². The van der Waals surface area contributed by atoms with Crippen molar-refractivity contribution in [1.82, 2.24) is 5.32 Å². The molecule has 33 heavy (non-hydrogen) atoms. The SMILES string of the molecule is Cc1oc(C2=NOC(c3cc(Cl)c(Cl)c(Cl)c3)(C(F)(F)F)C2)cc1CNC(=O)C1CCOC1. The number of alkyl halides is 3. The Morgan fingerprint density at radius 3 is 2.55 bits per heavy atom. The van der Waals surface area contributed by atoms with Gasteiger partial charge in [-0.1, -0.05) is 40.0 Å². The molecule has 0 radical (unpaired) electrons. The number of carbonyl (C=O) groups excluding carboxylic acids is 1. The van der Waals surface area contributed by atoms with Gasteiger partial charge in [-0.25, -0.2) is 0 Å². The predicted molar refractivity (Wildman–Crippen MR) is 116 cm³/mol. The van der Waals surface area contributed by atoms with Gasteiger partial charge in [-0.2, -0.15) is 13.2 Å². The first-order valence-corrected chi connectivity index (χ1v) is 11.1. The molecule has 1 N–H and O–H groups in total. The van der Waals surface area contributed by atoms with Crippen LogP contribution in [0.3, 0.4) is 0 Å². The van der Waals surface area contributed by atoms with Gasteiger partial charge in [0, 0.05) is 24.3 Å². The summed E-state index contributed by atoms with van der Waals surface area (Å²) < 4.78 is 53.4.